The number of nitrogens with zero attached hydrogens (tertiary/aromatic N) is 2. The predicted molar refractivity (Wildman–Crippen MR) is 49.7 cm³/mol. The maximum Gasteiger partial charge on any atom is 0.416 e. The molecule has 0 fully saturated rings. The van der Waals surface area contributed by atoms with Crippen molar-refractivity contribution in [2.75, 3.05) is 0 Å². The van der Waals surface area contributed by atoms with Crippen molar-refractivity contribution in [2.24, 2.45) is 0 Å². The first kappa shape index (κ1) is 11.8. The van der Waals surface area contributed by atoms with Gasteiger partial charge in [-0.2, -0.15) is 18.2 Å². The first-order chi connectivity index (χ1) is 7.86. The van der Waals surface area contributed by atoms with Crippen LogP contribution in [0.4, 0.5) is 17.6 Å². The smallest absolute Gasteiger partial charge is 0.321 e. The molecule has 2 aromatic rings. The Morgan fingerprint density at radius 1 is 1.18 bits per heavy atom. The molecule has 0 aliphatic rings. The zero-order valence-electron chi connectivity index (χ0n) is 7.92. The summed E-state index contributed by atoms with van der Waals surface area (Å²) < 4.78 is 54.7. The zero-order valence-corrected chi connectivity index (χ0v) is 8.68. The Morgan fingerprint density at radius 2 is 1.88 bits per heavy atom. The topological polar surface area (TPSA) is 38.9 Å². The number of alkyl halides is 3. The van der Waals surface area contributed by atoms with Crippen molar-refractivity contribution >= 4 is 11.6 Å². The van der Waals surface area contributed by atoms with Crippen molar-refractivity contribution < 1.29 is 22.1 Å². The van der Waals surface area contributed by atoms with Crippen molar-refractivity contribution in [3.05, 3.63) is 34.9 Å². The van der Waals surface area contributed by atoms with E-state index in [2.05, 4.69) is 14.7 Å². The van der Waals surface area contributed by atoms with Gasteiger partial charge in [0.05, 0.1) is 5.56 Å². The van der Waals surface area contributed by atoms with Gasteiger partial charge >= 0.3 is 11.5 Å². The first-order valence-electron chi connectivity index (χ1n) is 4.23. The van der Waals surface area contributed by atoms with Gasteiger partial charge in [-0.05, 0) is 29.8 Å². The van der Waals surface area contributed by atoms with Crippen molar-refractivity contribution in [1.29, 1.82) is 0 Å². The maximum absolute atomic E-state index is 13.0. The van der Waals surface area contributed by atoms with Crippen LogP contribution in [-0.2, 0) is 6.18 Å². The molecule has 1 heterocycles. The van der Waals surface area contributed by atoms with E-state index in [1.807, 2.05) is 0 Å². The molecule has 90 valence electrons. The standard InChI is InChI=1S/C9H3ClF4N2O/c10-8-15-7(16-17-8)4-1-5(9(12,13)14)3-6(11)2-4/h1-3H. The molecule has 0 aliphatic carbocycles. The zero-order chi connectivity index (χ0) is 12.6. The van der Waals surface area contributed by atoms with Crippen LogP contribution in [0.15, 0.2) is 22.7 Å². The quantitative estimate of drug-likeness (QED) is 0.741. The molecule has 2 rings (SSSR count). The summed E-state index contributed by atoms with van der Waals surface area (Å²) in [4.78, 5) is 3.50. The van der Waals surface area contributed by atoms with E-state index in [-0.39, 0.29) is 16.7 Å². The van der Waals surface area contributed by atoms with Crippen molar-refractivity contribution in [1.82, 2.24) is 10.1 Å². The number of benzene rings is 1. The predicted octanol–water partition coefficient (Wildman–Crippen LogP) is 3.55. The Kier molecular flexibility index (Phi) is 2.78. The highest BCUT2D eigenvalue weighted by Crippen LogP contribution is 2.32. The van der Waals surface area contributed by atoms with E-state index in [1.54, 1.807) is 0 Å². The monoisotopic (exact) mass is 266 g/mol. The minimum absolute atomic E-state index is 0.159. The van der Waals surface area contributed by atoms with Crippen LogP contribution in [0.3, 0.4) is 0 Å². The number of rotatable bonds is 1. The molecule has 0 saturated heterocycles. The Labute approximate surface area is 97.0 Å². The fraction of sp³-hybridized carbons (Fsp3) is 0.111. The van der Waals surface area contributed by atoms with Gasteiger partial charge in [-0.1, -0.05) is 5.16 Å². The molecule has 1 aromatic carbocycles. The first-order valence-corrected chi connectivity index (χ1v) is 4.61. The van der Waals surface area contributed by atoms with Crippen LogP contribution in [0.1, 0.15) is 5.56 Å². The van der Waals surface area contributed by atoms with Gasteiger partial charge in [0.15, 0.2) is 0 Å². The highest BCUT2D eigenvalue weighted by Gasteiger charge is 2.31. The van der Waals surface area contributed by atoms with E-state index >= 15 is 0 Å². The molecule has 0 aliphatic heterocycles. The van der Waals surface area contributed by atoms with Gasteiger partial charge in [-0.25, -0.2) is 4.39 Å². The second-order valence-corrected chi connectivity index (χ2v) is 3.42. The van der Waals surface area contributed by atoms with E-state index < -0.39 is 17.6 Å². The molecule has 0 spiro atoms. The third-order valence-electron chi connectivity index (χ3n) is 1.88. The van der Waals surface area contributed by atoms with Crippen LogP contribution < -0.4 is 0 Å². The summed E-state index contributed by atoms with van der Waals surface area (Å²) in [6.07, 6.45) is -4.65. The average molecular weight is 267 g/mol. The summed E-state index contributed by atoms with van der Waals surface area (Å²) >= 11 is 5.32. The Morgan fingerprint density at radius 3 is 2.41 bits per heavy atom. The van der Waals surface area contributed by atoms with E-state index in [4.69, 9.17) is 11.6 Å². The van der Waals surface area contributed by atoms with Crippen LogP contribution in [0.25, 0.3) is 11.4 Å². The molecule has 0 saturated carbocycles. The molecule has 1 aromatic heterocycles. The summed E-state index contributed by atoms with van der Waals surface area (Å²) in [7, 11) is 0. The van der Waals surface area contributed by atoms with E-state index in [0.29, 0.717) is 12.1 Å². The van der Waals surface area contributed by atoms with Crippen molar-refractivity contribution in [2.45, 2.75) is 6.18 Å². The molecular weight excluding hydrogens is 264 g/mol. The molecule has 3 nitrogen and oxygen atoms in total. The van der Waals surface area contributed by atoms with Crippen molar-refractivity contribution in [3.8, 4) is 11.4 Å². The third-order valence-corrected chi connectivity index (χ3v) is 2.04. The lowest BCUT2D eigenvalue weighted by Crippen LogP contribution is -2.05. The highest BCUT2D eigenvalue weighted by atomic mass is 35.5. The number of aromatic nitrogens is 2. The van der Waals surface area contributed by atoms with Gasteiger partial charge in [0.25, 0.3) is 0 Å². The fourth-order valence-electron chi connectivity index (χ4n) is 1.20. The van der Waals surface area contributed by atoms with Gasteiger partial charge in [-0.3, -0.25) is 0 Å². The molecule has 0 bridgehead atoms. The lowest BCUT2D eigenvalue weighted by Gasteiger charge is -2.07. The van der Waals surface area contributed by atoms with E-state index in [9.17, 15) is 17.6 Å². The second-order valence-electron chi connectivity index (χ2n) is 3.10. The summed E-state index contributed by atoms with van der Waals surface area (Å²) in [5.74, 6) is -1.25. The summed E-state index contributed by atoms with van der Waals surface area (Å²) in [6.45, 7) is 0. The van der Waals surface area contributed by atoms with E-state index in [1.165, 1.54) is 0 Å². The average Bonchev–Trinajstić information content (AvgIpc) is 2.62. The van der Waals surface area contributed by atoms with Gasteiger partial charge in [0, 0.05) is 5.56 Å². The molecule has 0 N–H and O–H groups in total. The molecular formula is C9H3ClF4N2O. The third kappa shape index (κ3) is 2.55. The lowest BCUT2D eigenvalue weighted by molar-refractivity contribution is -0.137. The van der Waals surface area contributed by atoms with Crippen molar-refractivity contribution in [3.63, 3.8) is 0 Å². The summed E-state index contributed by atoms with van der Waals surface area (Å²) in [5.41, 5.74) is -1.29. The Hall–Kier alpha value is -1.63. The van der Waals surface area contributed by atoms with Crippen LogP contribution in [-0.4, -0.2) is 10.1 Å². The SMILES string of the molecule is Fc1cc(-c2noc(Cl)n2)cc(C(F)(F)F)c1. The summed E-state index contributed by atoms with van der Waals surface area (Å²) in [6, 6.07) is 1.95. The van der Waals surface area contributed by atoms with Crippen LogP contribution in [0, 0.1) is 5.82 Å². The van der Waals surface area contributed by atoms with Crippen LogP contribution in [0.2, 0.25) is 5.35 Å². The molecule has 0 unspecified atom stereocenters. The fourth-order valence-corrected chi connectivity index (χ4v) is 1.32. The molecule has 0 amide bonds. The van der Waals surface area contributed by atoms with Crippen LogP contribution >= 0.6 is 11.6 Å². The number of halogens is 5. The van der Waals surface area contributed by atoms with Gasteiger partial charge in [0.2, 0.25) is 5.82 Å². The van der Waals surface area contributed by atoms with Gasteiger partial charge < -0.3 is 4.52 Å². The second kappa shape index (κ2) is 3.99. The molecule has 0 atom stereocenters. The largest absolute Gasteiger partial charge is 0.416 e. The van der Waals surface area contributed by atoms with Crippen LogP contribution in [0.5, 0.6) is 0 Å². The normalized spacial score (nSPS) is 11.8. The Bertz CT molecular complexity index is 552. The minimum atomic E-state index is -4.65. The Balaban J connectivity index is 2.52. The molecule has 17 heavy (non-hydrogen) atoms. The summed E-state index contributed by atoms with van der Waals surface area (Å²) in [5, 5.41) is 2.96. The maximum atomic E-state index is 13.0. The van der Waals surface area contributed by atoms with E-state index in [0.717, 1.165) is 6.07 Å². The number of hydrogen-bond donors (Lipinski definition) is 0. The highest BCUT2D eigenvalue weighted by molar-refractivity contribution is 6.27. The van der Waals surface area contributed by atoms with Gasteiger partial charge in [0.1, 0.15) is 5.82 Å². The molecule has 8 heteroatoms. The lowest BCUT2D eigenvalue weighted by atomic mass is 10.1. The van der Waals surface area contributed by atoms with Gasteiger partial charge in [-0.15, -0.1) is 0 Å². The molecule has 0 radical (unpaired) electrons. The number of hydrogen-bond acceptors (Lipinski definition) is 3. The minimum Gasteiger partial charge on any atom is -0.321 e.